The van der Waals surface area contributed by atoms with Crippen molar-refractivity contribution in [2.75, 3.05) is 0 Å². The maximum Gasteiger partial charge on any atom is 1.00 e. The van der Waals surface area contributed by atoms with Crippen LogP contribution in [0.1, 0.15) is 15.9 Å². The number of halogens is 3. The van der Waals surface area contributed by atoms with Crippen molar-refractivity contribution in [1.82, 2.24) is 5.32 Å². The van der Waals surface area contributed by atoms with Crippen LogP contribution in [0.5, 0.6) is 0 Å². The van der Waals surface area contributed by atoms with Crippen LogP contribution in [0.25, 0.3) is 0 Å². The van der Waals surface area contributed by atoms with Gasteiger partial charge in [-0.25, -0.2) is 0 Å². The molecule has 2 aromatic rings. The van der Waals surface area contributed by atoms with E-state index in [4.69, 9.17) is 0 Å². The Labute approximate surface area is 163 Å². The molecule has 1 amide bonds. The van der Waals surface area contributed by atoms with Crippen molar-refractivity contribution in [1.29, 1.82) is 0 Å². The summed E-state index contributed by atoms with van der Waals surface area (Å²) in [5.74, 6) is -0.393. The van der Waals surface area contributed by atoms with Crippen LogP contribution in [0.4, 0.5) is 12.9 Å². The van der Waals surface area contributed by atoms with Crippen LogP contribution >= 0.6 is 0 Å². The molecule has 0 unspecified atom stereocenters. The molecule has 7 heteroatoms. The van der Waals surface area contributed by atoms with Crippen LogP contribution in [0.2, 0.25) is 0 Å². The summed E-state index contributed by atoms with van der Waals surface area (Å²) >= 11 is 0. The van der Waals surface area contributed by atoms with E-state index in [9.17, 15) is 17.7 Å². The third-order valence-corrected chi connectivity index (χ3v) is 2.85. The van der Waals surface area contributed by atoms with E-state index in [1.807, 2.05) is 30.3 Å². The van der Waals surface area contributed by atoms with Gasteiger partial charge in [0.2, 0.25) is 0 Å². The minimum absolute atomic E-state index is 0. The first kappa shape index (κ1) is 18.5. The van der Waals surface area contributed by atoms with Crippen molar-refractivity contribution < 1.29 is 69.1 Å². The molecule has 0 aromatic heterocycles. The number of carbonyl (C=O) groups excluding carboxylic acids is 1. The summed E-state index contributed by atoms with van der Waals surface area (Å²) in [6.45, 7) is -4.68. The number of nitrogens with one attached hydrogen (secondary N) is 1. The average Bonchev–Trinajstić information content (AvgIpc) is 2.45. The van der Waals surface area contributed by atoms with Crippen LogP contribution in [0.3, 0.4) is 0 Å². The molecule has 0 heterocycles. The van der Waals surface area contributed by atoms with Gasteiger partial charge < -0.3 is 18.3 Å². The zero-order valence-corrected chi connectivity index (χ0v) is 14.6. The molecule has 0 bridgehead atoms. The molecule has 1 N–H and O–H groups in total. The summed E-state index contributed by atoms with van der Waals surface area (Å²) in [6, 6.07) is 13.5. The largest absolute Gasteiger partial charge is 1.00 e. The van der Waals surface area contributed by atoms with Crippen LogP contribution in [0, 0.1) is 0 Å². The van der Waals surface area contributed by atoms with Gasteiger partial charge in [0.05, 0.1) is 0 Å². The van der Waals surface area contributed by atoms with E-state index in [-0.39, 0.29) is 56.9 Å². The second-order valence-corrected chi connectivity index (χ2v) is 4.37. The second-order valence-electron chi connectivity index (χ2n) is 4.37. The van der Waals surface area contributed by atoms with Gasteiger partial charge in [-0.2, -0.15) is 0 Å². The molecule has 0 saturated heterocycles. The smallest absolute Gasteiger partial charge is 0.445 e. The molecular weight excluding hydrogens is 305 g/mol. The summed E-state index contributed by atoms with van der Waals surface area (Å²) in [5, 5.41) is 2.66. The fourth-order valence-corrected chi connectivity index (χ4v) is 1.73. The summed E-state index contributed by atoms with van der Waals surface area (Å²) in [7, 11) is 0. The molecule has 0 aliphatic heterocycles. The number of hydrogen-bond acceptors (Lipinski definition) is 1. The van der Waals surface area contributed by atoms with Gasteiger partial charge in [-0.05, 0) is 5.56 Å². The fraction of sp³-hybridized carbons (Fsp3) is 0.0714. The monoisotopic (exact) mass is 317 g/mol. The first-order chi connectivity index (χ1) is 9.47. The molecule has 0 radical (unpaired) electrons. The van der Waals surface area contributed by atoms with Crippen molar-refractivity contribution in [2.45, 2.75) is 6.54 Å². The summed E-state index contributed by atoms with van der Waals surface area (Å²) in [4.78, 5) is 11.8. The van der Waals surface area contributed by atoms with Gasteiger partial charge in [0, 0.05) is 12.1 Å². The van der Waals surface area contributed by atoms with Crippen molar-refractivity contribution in [3.63, 3.8) is 0 Å². The third-order valence-electron chi connectivity index (χ3n) is 2.85. The Morgan fingerprint density at radius 2 is 1.52 bits per heavy atom. The predicted molar refractivity (Wildman–Crippen MR) is 72.8 cm³/mol. The first-order valence-corrected chi connectivity index (χ1v) is 6.09. The third kappa shape index (κ3) is 5.60. The Hall–Kier alpha value is -0.599. The molecule has 0 aliphatic carbocycles. The van der Waals surface area contributed by atoms with Crippen molar-refractivity contribution >= 4 is 18.3 Å². The molecular formula is C14H12BF3KNO. The quantitative estimate of drug-likeness (QED) is 0.769. The molecule has 2 rings (SSSR count). The van der Waals surface area contributed by atoms with Crippen molar-refractivity contribution in [3.8, 4) is 0 Å². The topological polar surface area (TPSA) is 29.1 Å². The molecule has 2 nitrogen and oxygen atoms in total. The zero-order valence-electron chi connectivity index (χ0n) is 11.5. The number of amides is 1. The van der Waals surface area contributed by atoms with Gasteiger partial charge >= 0.3 is 58.4 Å². The van der Waals surface area contributed by atoms with E-state index in [0.717, 1.165) is 17.7 Å². The van der Waals surface area contributed by atoms with Gasteiger partial charge in [0.25, 0.3) is 5.91 Å². The van der Waals surface area contributed by atoms with Crippen LogP contribution in [0.15, 0.2) is 54.6 Å². The molecule has 0 saturated carbocycles. The predicted octanol–water partition coefficient (Wildman–Crippen LogP) is -0.325. The van der Waals surface area contributed by atoms with Crippen LogP contribution < -0.4 is 62.2 Å². The van der Waals surface area contributed by atoms with Crippen molar-refractivity contribution in [2.24, 2.45) is 0 Å². The Morgan fingerprint density at radius 3 is 2.05 bits per heavy atom. The Balaban J connectivity index is 0.00000220. The molecule has 2 aromatic carbocycles. The fourth-order valence-electron chi connectivity index (χ4n) is 1.73. The molecule has 0 aliphatic rings. The van der Waals surface area contributed by atoms with E-state index < -0.39 is 18.3 Å². The number of hydrogen-bond donors (Lipinski definition) is 1. The maximum atomic E-state index is 12.5. The normalized spacial score (nSPS) is 10.6. The summed E-state index contributed by atoms with van der Waals surface area (Å²) in [5.41, 5.74) is 0.436. The minimum atomic E-state index is -5.02. The average molecular weight is 317 g/mol. The second kappa shape index (κ2) is 8.14. The molecule has 0 atom stereocenters. The number of benzene rings is 2. The first-order valence-electron chi connectivity index (χ1n) is 6.09. The Morgan fingerprint density at radius 1 is 0.952 bits per heavy atom. The van der Waals surface area contributed by atoms with Crippen molar-refractivity contribution in [3.05, 3.63) is 65.7 Å². The molecule has 0 spiro atoms. The minimum Gasteiger partial charge on any atom is -0.445 e. The van der Waals surface area contributed by atoms with Gasteiger partial charge in [0.1, 0.15) is 0 Å². The van der Waals surface area contributed by atoms with Crippen LogP contribution in [-0.2, 0) is 6.54 Å². The molecule has 0 fully saturated rings. The number of rotatable bonds is 4. The summed E-state index contributed by atoms with van der Waals surface area (Å²) < 4.78 is 37.4. The zero-order chi connectivity index (χ0) is 14.6. The number of carbonyl (C=O) groups is 1. The summed E-state index contributed by atoms with van der Waals surface area (Å²) in [6.07, 6.45) is 0. The molecule has 104 valence electrons. The molecule has 21 heavy (non-hydrogen) atoms. The van der Waals surface area contributed by atoms with Gasteiger partial charge in [-0.15, -0.1) is 5.46 Å². The maximum absolute atomic E-state index is 12.5. The van der Waals surface area contributed by atoms with E-state index >= 15 is 0 Å². The van der Waals surface area contributed by atoms with E-state index in [2.05, 4.69) is 5.32 Å². The van der Waals surface area contributed by atoms with E-state index in [1.54, 1.807) is 0 Å². The van der Waals surface area contributed by atoms with E-state index in [1.165, 1.54) is 12.1 Å². The SMILES string of the molecule is O=C(NCc1ccccc1)c1ccc([B-](F)(F)F)cc1.[K+]. The van der Waals surface area contributed by atoms with Gasteiger partial charge in [0.15, 0.2) is 0 Å². The van der Waals surface area contributed by atoms with Crippen LogP contribution in [-0.4, -0.2) is 12.9 Å². The van der Waals surface area contributed by atoms with Gasteiger partial charge in [-0.1, -0.05) is 54.6 Å². The van der Waals surface area contributed by atoms with Gasteiger partial charge in [-0.3, -0.25) is 4.79 Å². The van der Waals surface area contributed by atoms with E-state index in [0.29, 0.717) is 6.54 Å². The Kier molecular flexibility index (Phi) is 7.16. The standard InChI is InChI=1S/C14H12BF3NO.K/c16-15(17,18)13-8-6-12(7-9-13)14(20)19-10-11-4-2-1-3-5-11;/h1-9H,10H2,(H,19,20);/q-1;+1. The Bertz CT molecular complexity index is 587.